The van der Waals surface area contributed by atoms with E-state index in [1.807, 2.05) is 32.9 Å². The molecule has 1 aromatic rings. The van der Waals surface area contributed by atoms with Crippen LogP contribution in [0.4, 0.5) is 4.79 Å². The van der Waals surface area contributed by atoms with Gasteiger partial charge in [0.15, 0.2) is 0 Å². The Kier molecular flexibility index (Phi) is 5.93. The number of carbonyl (C=O) groups is 2. The number of piperidine rings is 1. The van der Waals surface area contributed by atoms with Crippen LogP contribution in [0.2, 0.25) is 0 Å². The lowest BCUT2D eigenvalue weighted by molar-refractivity contribution is -0.136. The van der Waals surface area contributed by atoms with Gasteiger partial charge in [-0.25, -0.2) is 4.79 Å². The van der Waals surface area contributed by atoms with E-state index < -0.39 is 5.60 Å². The van der Waals surface area contributed by atoms with E-state index in [0.29, 0.717) is 32.5 Å². The predicted octanol–water partition coefficient (Wildman–Crippen LogP) is 3.00. The van der Waals surface area contributed by atoms with Gasteiger partial charge in [-0.15, -0.1) is 0 Å². The minimum atomic E-state index is -0.512. The Balaban J connectivity index is 1.86. The van der Waals surface area contributed by atoms with Gasteiger partial charge in [0.1, 0.15) is 11.4 Å². The Bertz CT molecular complexity index is 616. The molecule has 6 heteroatoms. The van der Waals surface area contributed by atoms with Gasteiger partial charge in [0.25, 0.3) is 0 Å². The fourth-order valence-corrected chi connectivity index (χ4v) is 2.93. The van der Waals surface area contributed by atoms with Crippen LogP contribution in [0.1, 0.15) is 39.2 Å². The molecule has 0 unspecified atom stereocenters. The zero-order valence-corrected chi connectivity index (χ0v) is 15.5. The summed E-state index contributed by atoms with van der Waals surface area (Å²) in [6, 6.07) is 7.02. The number of phenolic OH excluding ortho intramolecular Hbond substituents is 1. The third-order valence-corrected chi connectivity index (χ3v) is 4.27. The van der Waals surface area contributed by atoms with Crippen LogP contribution in [-0.2, 0) is 16.1 Å². The van der Waals surface area contributed by atoms with E-state index >= 15 is 0 Å². The van der Waals surface area contributed by atoms with Crippen molar-refractivity contribution in [3.63, 3.8) is 0 Å². The Morgan fingerprint density at radius 2 is 1.84 bits per heavy atom. The maximum absolute atomic E-state index is 12.6. The average molecular weight is 348 g/mol. The summed E-state index contributed by atoms with van der Waals surface area (Å²) < 4.78 is 5.38. The number of hydrogen-bond donors (Lipinski definition) is 1. The second-order valence-electron chi connectivity index (χ2n) is 7.56. The standard InChI is InChI=1S/C19H28N2O4/c1-19(2,3)25-18(24)21-11-9-14(10-12-21)17(23)20(4)13-15-7-5-6-8-16(15)22/h5-8,14,22H,9-13H2,1-4H3. The summed E-state index contributed by atoms with van der Waals surface area (Å²) in [7, 11) is 1.75. The number of hydrogen-bond acceptors (Lipinski definition) is 4. The summed E-state index contributed by atoms with van der Waals surface area (Å²) in [4.78, 5) is 28.0. The molecule has 1 aromatic carbocycles. The van der Waals surface area contributed by atoms with Gasteiger partial charge in [-0.3, -0.25) is 4.79 Å². The third-order valence-electron chi connectivity index (χ3n) is 4.27. The van der Waals surface area contributed by atoms with Crippen molar-refractivity contribution in [3.05, 3.63) is 29.8 Å². The minimum absolute atomic E-state index is 0.0482. The van der Waals surface area contributed by atoms with Gasteiger partial charge in [0.2, 0.25) is 5.91 Å². The molecule has 0 aliphatic carbocycles. The molecular formula is C19H28N2O4. The molecule has 1 saturated heterocycles. The van der Waals surface area contributed by atoms with Gasteiger partial charge in [0.05, 0.1) is 0 Å². The Morgan fingerprint density at radius 3 is 2.40 bits per heavy atom. The first-order valence-electron chi connectivity index (χ1n) is 8.67. The summed E-state index contributed by atoms with van der Waals surface area (Å²) in [5.41, 5.74) is 0.214. The fraction of sp³-hybridized carbons (Fsp3) is 0.579. The van der Waals surface area contributed by atoms with E-state index in [1.165, 1.54) is 0 Å². The lowest BCUT2D eigenvalue weighted by Gasteiger charge is -2.34. The van der Waals surface area contributed by atoms with Crippen molar-refractivity contribution in [3.8, 4) is 5.75 Å². The molecule has 2 rings (SSSR count). The number of benzene rings is 1. The molecule has 25 heavy (non-hydrogen) atoms. The summed E-state index contributed by atoms with van der Waals surface area (Å²) in [6.45, 7) is 6.95. The molecule has 0 atom stereocenters. The van der Waals surface area contributed by atoms with E-state index in [9.17, 15) is 14.7 Å². The highest BCUT2D eigenvalue weighted by atomic mass is 16.6. The molecule has 1 heterocycles. The van der Waals surface area contributed by atoms with E-state index in [2.05, 4.69) is 0 Å². The second-order valence-corrected chi connectivity index (χ2v) is 7.56. The predicted molar refractivity (Wildman–Crippen MR) is 95.1 cm³/mol. The summed E-state index contributed by atoms with van der Waals surface area (Å²) >= 11 is 0. The van der Waals surface area contributed by atoms with Crippen LogP contribution in [0, 0.1) is 5.92 Å². The molecule has 0 bridgehead atoms. The van der Waals surface area contributed by atoms with Crippen LogP contribution in [-0.4, -0.2) is 52.6 Å². The smallest absolute Gasteiger partial charge is 0.410 e. The molecule has 0 radical (unpaired) electrons. The monoisotopic (exact) mass is 348 g/mol. The summed E-state index contributed by atoms with van der Waals surface area (Å²) in [5, 5.41) is 9.84. The molecular weight excluding hydrogens is 320 g/mol. The van der Waals surface area contributed by atoms with Crippen molar-refractivity contribution in [1.82, 2.24) is 9.80 Å². The van der Waals surface area contributed by atoms with Crippen LogP contribution >= 0.6 is 0 Å². The van der Waals surface area contributed by atoms with Gasteiger partial charge in [-0.1, -0.05) is 18.2 Å². The number of carbonyl (C=O) groups excluding carboxylic acids is 2. The van der Waals surface area contributed by atoms with Gasteiger partial charge < -0.3 is 19.6 Å². The molecule has 2 amide bonds. The van der Waals surface area contributed by atoms with Gasteiger partial charge in [-0.05, 0) is 39.7 Å². The first-order valence-corrected chi connectivity index (χ1v) is 8.67. The highest BCUT2D eigenvalue weighted by Crippen LogP contribution is 2.23. The normalized spacial score (nSPS) is 15.8. The van der Waals surface area contributed by atoms with Gasteiger partial charge in [0, 0.05) is 38.2 Å². The third kappa shape index (κ3) is 5.37. The minimum Gasteiger partial charge on any atom is -0.508 e. The highest BCUT2D eigenvalue weighted by molar-refractivity contribution is 5.79. The van der Waals surface area contributed by atoms with Gasteiger partial charge >= 0.3 is 6.09 Å². The van der Waals surface area contributed by atoms with Crippen molar-refractivity contribution in [1.29, 1.82) is 0 Å². The Hall–Kier alpha value is -2.24. The maximum Gasteiger partial charge on any atom is 0.410 e. The number of para-hydroxylation sites is 1. The largest absolute Gasteiger partial charge is 0.508 e. The quantitative estimate of drug-likeness (QED) is 0.912. The lowest BCUT2D eigenvalue weighted by atomic mass is 9.95. The number of aromatic hydroxyl groups is 1. The maximum atomic E-state index is 12.6. The van der Waals surface area contributed by atoms with Crippen LogP contribution < -0.4 is 0 Å². The zero-order chi connectivity index (χ0) is 18.6. The SMILES string of the molecule is CN(Cc1ccccc1O)C(=O)C1CCN(C(=O)OC(C)(C)C)CC1. The molecule has 138 valence electrons. The number of rotatable bonds is 3. The van der Waals surface area contributed by atoms with Crippen LogP contribution in [0.15, 0.2) is 24.3 Å². The van der Waals surface area contributed by atoms with E-state index in [4.69, 9.17) is 4.74 Å². The van der Waals surface area contributed by atoms with Crippen LogP contribution in [0.25, 0.3) is 0 Å². The number of phenols is 1. The lowest BCUT2D eigenvalue weighted by Crippen LogP contribution is -2.45. The molecule has 0 spiro atoms. The Morgan fingerprint density at radius 1 is 1.24 bits per heavy atom. The van der Waals surface area contributed by atoms with Crippen molar-refractivity contribution < 1.29 is 19.4 Å². The second kappa shape index (κ2) is 7.76. The van der Waals surface area contributed by atoms with E-state index in [1.54, 1.807) is 29.0 Å². The number of amides is 2. The molecule has 0 aromatic heterocycles. The van der Waals surface area contributed by atoms with Gasteiger partial charge in [-0.2, -0.15) is 0 Å². The molecule has 1 fully saturated rings. The number of ether oxygens (including phenoxy) is 1. The van der Waals surface area contributed by atoms with Crippen LogP contribution in [0.5, 0.6) is 5.75 Å². The van der Waals surface area contributed by atoms with Crippen molar-refractivity contribution in [2.45, 2.75) is 45.8 Å². The fourth-order valence-electron chi connectivity index (χ4n) is 2.93. The average Bonchev–Trinajstić information content (AvgIpc) is 2.55. The van der Waals surface area contributed by atoms with Crippen molar-refractivity contribution in [2.75, 3.05) is 20.1 Å². The number of nitrogens with zero attached hydrogens (tertiary/aromatic N) is 2. The molecule has 1 aliphatic rings. The van der Waals surface area contributed by atoms with E-state index in [-0.39, 0.29) is 23.7 Å². The summed E-state index contributed by atoms with van der Waals surface area (Å²) in [6.07, 6.45) is 0.938. The number of likely N-dealkylation sites (tertiary alicyclic amines) is 1. The van der Waals surface area contributed by atoms with Crippen molar-refractivity contribution in [2.24, 2.45) is 5.92 Å². The van der Waals surface area contributed by atoms with Crippen molar-refractivity contribution >= 4 is 12.0 Å². The first-order chi connectivity index (χ1) is 11.7. The molecule has 1 N–H and O–H groups in total. The zero-order valence-electron chi connectivity index (χ0n) is 15.5. The molecule has 6 nitrogen and oxygen atoms in total. The highest BCUT2D eigenvalue weighted by Gasteiger charge is 2.31. The molecule has 0 saturated carbocycles. The summed E-state index contributed by atoms with van der Waals surface area (Å²) in [5.74, 6) is 0.142. The van der Waals surface area contributed by atoms with E-state index in [0.717, 1.165) is 5.56 Å². The molecule has 1 aliphatic heterocycles. The topological polar surface area (TPSA) is 70.1 Å². The van der Waals surface area contributed by atoms with Crippen LogP contribution in [0.3, 0.4) is 0 Å². The first kappa shape index (κ1) is 19.1. The Labute approximate surface area is 149 Å².